The van der Waals surface area contributed by atoms with E-state index in [4.69, 9.17) is 4.52 Å². The van der Waals surface area contributed by atoms with Crippen molar-refractivity contribution in [1.82, 2.24) is 15.0 Å². The number of aromatic nitrogens is 2. The minimum absolute atomic E-state index is 0.178. The first-order valence-electron chi connectivity index (χ1n) is 6.48. The zero-order valence-corrected chi connectivity index (χ0v) is 11.6. The van der Waals surface area contributed by atoms with Crippen LogP contribution in [0.1, 0.15) is 19.2 Å². The molecule has 1 aliphatic heterocycles. The van der Waals surface area contributed by atoms with Gasteiger partial charge in [0.05, 0.1) is 18.2 Å². The number of rotatable bonds is 3. The van der Waals surface area contributed by atoms with E-state index in [2.05, 4.69) is 22.0 Å². The van der Waals surface area contributed by atoms with Crippen LogP contribution in [0.2, 0.25) is 0 Å². The number of nitrogens with zero attached hydrogens (tertiary/aromatic N) is 3. The van der Waals surface area contributed by atoms with Gasteiger partial charge in [0, 0.05) is 18.5 Å². The molecule has 1 N–H and O–H groups in total. The van der Waals surface area contributed by atoms with E-state index in [1.807, 2.05) is 16.8 Å². The zero-order chi connectivity index (χ0) is 13.2. The van der Waals surface area contributed by atoms with Crippen molar-refractivity contribution in [3.8, 4) is 11.5 Å². The molecular weight excluding hydrogens is 262 g/mol. The van der Waals surface area contributed by atoms with Crippen LogP contribution in [0.25, 0.3) is 11.5 Å². The second kappa shape index (κ2) is 5.40. The first-order chi connectivity index (χ1) is 9.22. The summed E-state index contributed by atoms with van der Waals surface area (Å²) in [6, 6.07) is 1.97. The number of thiophene rings is 1. The van der Waals surface area contributed by atoms with E-state index in [1.165, 1.54) is 0 Å². The van der Waals surface area contributed by atoms with Crippen molar-refractivity contribution in [3.05, 3.63) is 22.7 Å². The molecule has 0 saturated carbocycles. The summed E-state index contributed by atoms with van der Waals surface area (Å²) in [4.78, 5) is 6.68. The molecule has 3 rings (SSSR count). The van der Waals surface area contributed by atoms with Gasteiger partial charge in [-0.2, -0.15) is 16.3 Å². The summed E-state index contributed by atoms with van der Waals surface area (Å²) in [5, 5.41) is 17.7. The number of hydrogen-bond donors (Lipinski definition) is 1. The fraction of sp³-hybridized carbons (Fsp3) is 0.538. The van der Waals surface area contributed by atoms with E-state index in [9.17, 15) is 5.11 Å². The molecule has 0 aliphatic carbocycles. The Hall–Kier alpha value is -1.24. The van der Waals surface area contributed by atoms with E-state index in [1.54, 1.807) is 11.3 Å². The molecule has 5 nitrogen and oxygen atoms in total. The average Bonchev–Trinajstić information content (AvgIpc) is 3.04. The number of aliphatic hydroxyl groups is 1. The Labute approximate surface area is 115 Å². The Balaban J connectivity index is 1.64. The minimum atomic E-state index is -0.178. The lowest BCUT2D eigenvalue weighted by molar-refractivity contribution is 0.0308. The van der Waals surface area contributed by atoms with E-state index in [0.29, 0.717) is 24.2 Å². The van der Waals surface area contributed by atoms with Crippen LogP contribution in [0.15, 0.2) is 21.3 Å². The standard InChI is InChI=1S/C13H17N3O2S/c1-9-6-16(4-2-11(9)17)7-12-14-13(18-15-12)10-3-5-19-8-10/h3,5,8-9,11,17H,2,4,6-7H2,1H3. The molecule has 1 aliphatic rings. The lowest BCUT2D eigenvalue weighted by Gasteiger charge is -2.33. The highest BCUT2D eigenvalue weighted by molar-refractivity contribution is 7.08. The number of piperidine rings is 1. The molecule has 3 heterocycles. The second-order valence-electron chi connectivity index (χ2n) is 5.10. The molecule has 0 radical (unpaired) electrons. The fourth-order valence-electron chi connectivity index (χ4n) is 2.38. The van der Waals surface area contributed by atoms with Crippen molar-refractivity contribution in [1.29, 1.82) is 0 Å². The number of likely N-dealkylation sites (tertiary alicyclic amines) is 1. The monoisotopic (exact) mass is 279 g/mol. The van der Waals surface area contributed by atoms with Crippen molar-refractivity contribution in [2.45, 2.75) is 26.0 Å². The molecule has 1 saturated heterocycles. The van der Waals surface area contributed by atoms with Crippen LogP contribution in [-0.4, -0.2) is 39.3 Å². The highest BCUT2D eigenvalue weighted by atomic mass is 32.1. The largest absolute Gasteiger partial charge is 0.393 e. The maximum Gasteiger partial charge on any atom is 0.258 e. The van der Waals surface area contributed by atoms with Crippen molar-refractivity contribution < 1.29 is 9.63 Å². The summed E-state index contributed by atoms with van der Waals surface area (Å²) >= 11 is 1.61. The summed E-state index contributed by atoms with van der Waals surface area (Å²) in [7, 11) is 0. The molecule has 2 aromatic rings. The van der Waals surface area contributed by atoms with Gasteiger partial charge in [-0.3, -0.25) is 4.90 Å². The Bertz CT molecular complexity index is 526. The van der Waals surface area contributed by atoms with Crippen LogP contribution in [0.4, 0.5) is 0 Å². The molecule has 1 fully saturated rings. The van der Waals surface area contributed by atoms with Gasteiger partial charge in [0.1, 0.15) is 0 Å². The van der Waals surface area contributed by atoms with Crippen LogP contribution >= 0.6 is 11.3 Å². The van der Waals surface area contributed by atoms with Gasteiger partial charge in [-0.25, -0.2) is 0 Å². The van der Waals surface area contributed by atoms with Gasteiger partial charge in [0.25, 0.3) is 5.89 Å². The zero-order valence-electron chi connectivity index (χ0n) is 10.8. The molecule has 0 aromatic carbocycles. The lowest BCUT2D eigenvalue weighted by atomic mass is 9.97. The smallest absolute Gasteiger partial charge is 0.258 e. The molecule has 19 heavy (non-hydrogen) atoms. The second-order valence-corrected chi connectivity index (χ2v) is 5.88. The molecule has 102 valence electrons. The van der Waals surface area contributed by atoms with Gasteiger partial charge in [0.2, 0.25) is 0 Å². The average molecular weight is 279 g/mol. The Morgan fingerprint density at radius 1 is 1.58 bits per heavy atom. The van der Waals surface area contributed by atoms with Crippen molar-refractivity contribution in [3.63, 3.8) is 0 Å². The third kappa shape index (κ3) is 2.86. The van der Waals surface area contributed by atoms with Crippen molar-refractivity contribution in [2.75, 3.05) is 13.1 Å². The van der Waals surface area contributed by atoms with Crippen molar-refractivity contribution in [2.24, 2.45) is 5.92 Å². The predicted octanol–water partition coefficient (Wildman–Crippen LogP) is 2.00. The van der Waals surface area contributed by atoms with Crippen LogP contribution < -0.4 is 0 Å². The van der Waals surface area contributed by atoms with E-state index < -0.39 is 0 Å². The summed E-state index contributed by atoms with van der Waals surface area (Å²) in [5.74, 6) is 1.60. The third-order valence-corrected chi connectivity index (χ3v) is 4.23. The maximum absolute atomic E-state index is 9.72. The van der Waals surface area contributed by atoms with Gasteiger partial charge in [0.15, 0.2) is 5.82 Å². The van der Waals surface area contributed by atoms with Gasteiger partial charge >= 0.3 is 0 Å². The van der Waals surface area contributed by atoms with E-state index >= 15 is 0 Å². The normalized spacial score (nSPS) is 24.7. The first kappa shape index (κ1) is 12.8. The molecule has 0 spiro atoms. The fourth-order valence-corrected chi connectivity index (χ4v) is 3.01. The molecule has 0 amide bonds. The SMILES string of the molecule is CC1CN(Cc2noc(-c3ccsc3)n2)CCC1O. The number of hydrogen-bond acceptors (Lipinski definition) is 6. The number of aliphatic hydroxyl groups excluding tert-OH is 1. The minimum Gasteiger partial charge on any atom is -0.393 e. The molecule has 6 heteroatoms. The lowest BCUT2D eigenvalue weighted by Crippen LogP contribution is -2.41. The highest BCUT2D eigenvalue weighted by Gasteiger charge is 2.25. The molecule has 2 unspecified atom stereocenters. The first-order valence-corrected chi connectivity index (χ1v) is 7.42. The molecular formula is C13H17N3O2S. The van der Waals surface area contributed by atoms with Crippen molar-refractivity contribution >= 4 is 11.3 Å². The van der Waals surface area contributed by atoms with Gasteiger partial charge in [-0.1, -0.05) is 12.1 Å². The van der Waals surface area contributed by atoms with Gasteiger partial charge < -0.3 is 9.63 Å². The van der Waals surface area contributed by atoms with E-state index in [-0.39, 0.29) is 6.10 Å². The molecule has 0 bridgehead atoms. The van der Waals surface area contributed by atoms with Crippen LogP contribution in [0.3, 0.4) is 0 Å². The summed E-state index contributed by atoms with van der Waals surface area (Å²) in [6.45, 7) is 4.52. The Morgan fingerprint density at radius 2 is 2.47 bits per heavy atom. The molecule has 2 aromatic heterocycles. The maximum atomic E-state index is 9.72. The topological polar surface area (TPSA) is 62.4 Å². The van der Waals surface area contributed by atoms with Crippen LogP contribution in [0, 0.1) is 5.92 Å². The summed E-state index contributed by atoms with van der Waals surface area (Å²) in [6.07, 6.45) is 0.638. The predicted molar refractivity (Wildman–Crippen MR) is 72.7 cm³/mol. The third-order valence-electron chi connectivity index (χ3n) is 3.55. The Kier molecular flexibility index (Phi) is 3.63. The summed E-state index contributed by atoms with van der Waals surface area (Å²) in [5.41, 5.74) is 0.978. The van der Waals surface area contributed by atoms with Gasteiger partial charge in [-0.05, 0) is 23.8 Å². The van der Waals surface area contributed by atoms with E-state index in [0.717, 1.165) is 25.1 Å². The highest BCUT2D eigenvalue weighted by Crippen LogP contribution is 2.21. The molecule has 2 atom stereocenters. The van der Waals surface area contributed by atoms with Crippen LogP contribution in [0.5, 0.6) is 0 Å². The van der Waals surface area contributed by atoms with Crippen LogP contribution in [-0.2, 0) is 6.54 Å². The quantitative estimate of drug-likeness (QED) is 0.931. The van der Waals surface area contributed by atoms with Gasteiger partial charge in [-0.15, -0.1) is 0 Å². The summed E-state index contributed by atoms with van der Waals surface area (Å²) < 4.78 is 5.27. The Morgan fingerprint density at radius 3 is 3.21 bits per heavy atom.